The van der Waals surface area contributed by atoms with Gasteiger partial charge >= 0.3 is 6.18 Å². The third kappa shape index (κ3) is 6.29. The Bertz CT molecular complexity index is 1250. The average Bonchev–Trinajstić information content (AvgIpc) is 3.50. The molecule has 1 N–H and O–H groups in total. The SMILES string of the molecule is C#C.O=C(NCc1cn(-c2ccc(C(F)(F)F)nc2)nc1Cl)[C@@H]1CCCN1S(=O)c1ccc(F)cc1. The topological polar surface area (TPSA) is 80.1 Å². The Morgan fingerprint density at radius 1 is 1.19 bits per heavy atom. The fourth-order valence-electron chi connectivity index (χ4n) is 3.52. The predicted octanol–water partition coefficient (Wildman–Crippen LogP) is 4.13. The monoisotopic (exact) mass is 541 g/mol. The molecule has 1 aliphatic rings. The summed E-state index contributed by atoms with van der Waals surface area (Å²) < 4.78 is 67.0. The lowest BCUT2D eigenvalue weighted by molar-refractivity contribution is -0.141. The molecule has 2 aromatic heterocycles. The molecule has 13 heteroatoms. The van der Waals surface area contributed by atoms with E-state index in [2.05, 4.69) is 28.2 Å². The van der Waals surface area contributed by atoms with Crippen molar-refractivity contribution in [1.29, 1.82) is 0 Å². The molecule has 0 saturated carbocycles. The number of hydrogen-bond donors (Lipinski definition) is 1. The number of amides is 1. The highest BCUT2D eigenvalue weighted by Crippen LogP contribution is 2.28. The van der Waals surface area contributed by atoms with Crippen molar-refractivity contribution in [2.24, 2.45) is 0 Å². The Morgan fingerprint density at radius 3 is 2.50 bits per heavy atom. The lowest BCUT2D eigenvalue weighted by atomic mass is 10.2. The molecule has 0 aliphatic carbocycles. The van der Waals surface area contributed by atoms with Gasteiger partial charge < -0.3 is 5.32 Å². The minimum Gasteiger partial charge on any atom is -0.350 e. The first-order chi connectivity index (χ1) is 17.1. The Kier molecular flexibility index (Phi) is 8.84. The molecule has 3 aromatic rings. The molecule has 36 heavy (non-hydrogen) atoms. The van der Waals surface area contributed by atoms with Crippen LogP contribution in [0.15, 0.2) is 53.7 Å². The maximum atomic E-state index is 13.2. The van der Waals surface area contributed by atoms with Crippen LogP contribution in [-0.2, 0) is 28.5 Å². The molecule has 0 bridgehead atoms. The molecular weight excluding hydrogens is 522 g/mol. The summed E-state index contributed by atoms with van der Waals surface area (Å²) in [4.78, 5) is 16.6. The van der Waals surface area contributed by atoms with Crippen molar-refractivity contribution in [3.05, 3.63) is 71.0 Å². The summed E-state index contributed by atoms with van der Waals surface area (Å²) in [5, 5.41) is 6.87. The number of carbonyl (C=O) groups is 1. The molecule has 1 unspecified atom stereocenters. The van der Waals surface area contributed by atoms with E-state index in [9.17, 15) is 26.6 Å². The van der Waals surface area contributed by atoms with Gasteiger partial charge in [-0.3, -0.25) is 4.79 Å². The third-order valence-electron chi connectivity index (χ3n) is 5.23. The second-order valence-corrected chi connectivity index (χ2v) is 9.31. The van der Waals surface area contributed by atoms with Crippen molar-refractivity contribution in [3.8, 4) is 18.5 Å². The van der Waals surface area contributed by atoms with Gasteiger partial charge in [-0.05, 0) is 49.2 Å². The van der Waals surface area contributed by atoms with E-state index in [0.29, 0.717) is 29.8 Å². The van der Waals surface area contributed by atoms with Crippen LogP contribution >= 0.6 is 11.6 Å². The molecule has 7 nitrogen and oxygen atoms in total. The highest BCUT2D eigenvalue weighted by Gasteiger charge is 2.35. The predicted molar refractivity (Wildman–Crippen MR) is 126 cm³/mol. The van der Waals surface area contributed by atoms with Gasteiger partial charge in [-0.15, -0.1) is 12.8 Å². The van der Waals surface area contributed by atoms with Gasteiger partial charge in [0.05, 0.1) is 16.8 Å². The number of terminal acetylenes is 1. The fourth-order valence-corrected chi connectivity index (χ4v) is 5.08. The lowest BCUT2D eigenvalue weighted by Gasteiger charge is -2.22. The van der Waals surface area contributed by atoms with Crippen LogP contribution in [0.2, 0.25) is 5.15 Å². The number of nitrogens with one attached hydrogen (secondary N) is 1. The molecule has 4 rings (SSSR count). The van der Waals surface area contributed by atoms with Crippen molar-refractivity contribution < 1.29 is 26.6 Å². The quantitative estimate of drug-likeness (QED) is 0.376. The Morgan fingerprint density at radius 2 is 1.89 bits per heavy atom. The molecule has 0 radical (unpaired) electrons. The summed E-state index contributed by atoms with van der Waals surface area (Å²) in [7, 11) is -1.62. The number of alkyl halides is 3. The number of nitrogens with zero attached hydrogens (tertiary/aromatic N) is 4. The number of rotatable bonds is 6. The molecule has 0 spiro atoms. The standard InChI is InChI=1S/C21H18ClF4N5O2S.C2H2/c22-19-13(12-30(29-19)15-5-8-18(27-11-15)21(24,25)26)10-28-20(32)17-2-1-9-31(17)34(33)16-6-3-14(23)4-7-16;1-2/h3-8,11-12,17H,1-2,9-10H2,(H,28,32);1-2H/t17-,34?;/m0./s1. The van der Waals surface area contributed by atoms with E-state index in [4.69, 9.17) is 11.6 Å². The van der Waals surface area contributed by atoms with Gasteiger partial charge in [0.25, 0.3) is 0 Å². The van der Waals surface area contributed by atoms with E-state index in [0.717, 1.165) is 12.3 Å². The van der Waals surface area contributed by atoms with Crippen LogP contribution in [-0.4, -0.2) is 41.8 Å². The molecule has 1 fully saturated rings. The summed E-state index contributed by atoms with van der Waals surface area (Å²) >= 11 is 6.14. The van der Waals surface area contributed by atoms with Gasteiger partial charge in [0.2, 0.25) is 5.91 Å². The van der Waals surface area contributed by atoms with Crippen molar-refractivity contribution in [2.45, 2.75) is 36.5 Å². The smallest absolute Gasteiger partial charge is 0.350 e. The summed E-state index contributed by atoms with van der Waals surface area (Å²) in [5.74, 6) is -0.797. The average molecular weight is 542 g/mol. The molecule has 1 aliphatic heterocycles. The first kappa shape index (κ1) is 27.3. The van der Waals surface area contributed by atoms with Crippen LogP contribution < -0.4 is 5.32 Å². The van der Waals surface area contributed by atoms with Crippen LogP contribution in [0.5, 0.6) is 0 Å². The van der Waals surface area contributed by atoms with Crippen molar-refractivity contribution >= 4 is 28.5 Å². The van der Waals surface area contributed by atoms with Gasteiger partial charge in [0.15, 0.2) is 5.15 Å². The largest absolute Gasteiger partial charge is 0.433 e. The Hall–Kier alpha value is -3.27. The summed E-state index contributed by atoms with van der Waals surface area (Å²) in [6.07, 6.45) is 7.13. The zero-order chi connectivity index (χ0) is 26.5. The summed E-state index contributed by atoms with van der Waals surface area (Å²) in [6.45, 7) is 0.459. The van der Waals surface area contributed by atoms with Crippen LogP contribution in [0, 0.1) is 18.7 Å². The third-order valence-corrected chi connectivity index (χ3v) is 7.09. The normalized spacial score (nSPS) is 16.7. The maximum Gasteiger partial charge on any atom is 0.433 e. The second-order valence-electron chi connectivity index (χ2n) is 7.51. The molecule has 190 valence electrons. The number of benzene rings is 1. The lowest BCUT2D eigenvalue weighted by Crippen LogP contribution is -2.43. The van der Waals surface area contributed by atoms with Crippen molar-refractivity contribution in [2.75, 3.05) is 6.54 Å². The van der Waals surface area contributed by atoms with Crippen LogP contribution in [0.25, 0.3) is 5.69 Å². The molecule has 1 aromatic carbocycles. The molecule has 1 saturated heterocycles. The second kappa shape index (κ2) is 11.6. The highest BCUT2D eigenvalue weighted by atomic mass is 35.5. The van der Waals surface area contributed by atoms with Crippen molar-refractivity contribution in [1.82, 2.24) is 24.4 Å². The zero-order valence-electron chi connectivity index (χ0n) is 18.6. The number of hydrogen-bond acceptors (Lipinski definition) is 4. The highest BCUT2D eigenvalue weighted by molar-refractivity contribution is 7.82. The summed E-state index contributed by atoms with van der Waals surface area (Å²) in [5.41, 5.74) is -0.315. The van der Waals surface area contributed by atoms with E-state index in [1.54, 1.807) is 4.31 Å². The van der Waals surface area contributed by atoms with E-state index in [1.165, 1.54) is 41.2 Å². The molecule has 2 atom stereocenters. The summed E-state index contributed by atoms with van der Waals surface area (Å²) in [6, 6.07) is 6.67. The first-order valence-electron chi connectivity index (χ1n) is 10.5. The minimum atomic E-state index is -4.55. The van der Waals surface area contributed by atoms with Gasteiger partial charge in [-0.2, -0.15) is 18.3 Å². The van der Waals surface area contributed by atoms with Crippen LogP contribution in [0.3, 0.4) is 0 Å². The van der Waals surface area contributed by atoms with Crippen molar-refractivity contribution in [3.63, 3.8) is 0 Å². The van der Waals surface area contributed by atoms with E-state index >= 15 is 0 Å². The number of halogens is 5. The van der Waals surface area contributed by atoms with E-state index in [-0.39, 0.29) is 23.3 Å². The van der Waals surface area contributed by atoms with Crippen LogP contribution in [0.1, 0.15) is 24.1 Å². The molecule has 1 amide bonds. The minimum absolute atomic E-state index is 0.0131. The van der Waals surface area contributed by atoms with Gasteiger partial charge in [-0.1, -0.05) is 11.6 Å². The number of pyridine rings is 1. The van der Waals surface area contributed by atoms with E-state index in [1.807, 2.05) is 0 Å². The first-order valence-corrected chi connectivity index (χ1v) is 11.9. The maximum absolute atomic E-state index is 13.2. The number of aromatic nitrogens is 3. The van der Waals surface area contributed by atoms with Gasteiger partial charge in [0.1, 0.15) is 28.5 Å². The zero-order valence-corrected chi connectivity index (χ0v) is 20.2. The fraction of sp³-hybridized carbons (Fsp3) is 0.261. The van der Waals surface area contributed by atoms with Gasteiger partial charge in [0, 0.05) is 24.8 Å². The Balaban J connectivity index is 0.00000176. The molecule has 3 heterocycles. The van der Waals surface area contributed by atoms with Crippen LogP contribution in [0.4, 0.5) is 17.6 Å². The molecular formula is C23H20ClF4N5O2S. The Labute approximate surface area is 212 Å². The van der Waals surface area contributed by atoms with E-state index < -0.39 is 34.7 Å². The number of carbonyl (C=O) groups excluding carboxylic acids is 1. The van der Waals surface area contributed by atoms with Gasteiger partial charge in [-0.25, -0.2) is 22.6 Å².